The lowest BCUT2D eigenvalue weighted by Crippen LogP contribution is -2.38. The Kier molecular flexibility index (Phi) is 8.30. The molecule has 2 N–H and O–H groups in total. The first kappa shape index (κ1) is 25.1. The molecule has 3 aromatic rings. The van der Waals surface area contributed by atoms with E-state index in [9.17, 15) is 9.59 Å². The number of benzene rings is 2. The number of anilines is 1. The summed E-state index contributed by atoms with van der Waals surface area (Å²) < 4.78 is 6.41. The Labute approximate surface area is 213 Å². The number of piperidine rings is 1. The Balaban J connectivity index is 1.30. The van der Waals surface area contributed by atoms with Crippen LogP contribution in [-0.4, -0.2) is 46.0 Å². The molecule has 0 radical (unpaired) electrons. The maximum atomic E-state index is 13.0. The van der Waals surface area contributed by atoms with E-state index in [0.717, 1.165) is 42.4 Å². The summed E-state index contributed by atoms with van der Waals surface area (Å²) in [4.78, 5) is 32.3. The van der Waals surface area contributed by atoms with E-state index < -0.39 is 0 Å². The van der Waals surface area contributed by atoms with E-state index in [4.69, 9.17) is 4.52 Å². The van der Waals surface area contributed by atoms with E-state index >= 15 is 0 Å². The molecule has 2 aromatic carbocycles. The van der Waals surface area contributed by atoms with E-state index in [-0.39, 0.29) is 23.8 Å². The van der Waals surface area contributed by atoms with E-state index in [1.807, 2.05) is 44.2 Å². The summed E-state index contributed by atoms with van der Waals surface area (Å²) in [6.45, 7) is 6.03. The summed E-state index contributed by atoms with van der Waals surface area (Å²) >= 11 is 3.46. The van der Waals surface area contributed by atoms with Crippen LogP contribution in [0.3, 0.4) is 0 Å². The maximum Gasteiger partial charge on any atom is 0.253 e. The van der Waals surface area contributed by atoms with Crippen molar-refractivity contribution < 1.29 is 14.1 Å². The smallest absolute Gasteiger partial charge is 0.253 e. The van der Waals surface area contributed by atoms with Crippen LogP contribution in [0.1, 0.15) is 49.4 Å². The van der Waals surface area contributed by atoms with Crippen LogP contribution < -0.4 is 10.6 Å². The van der Waals surface area contributed by atoms with Gasteiger partial charge in [-0.2, -0.15) is 4.98 Å². The molecular formula is C26H30BrN5O3. The first-order valence-electron chi connectivity index (χ1n) is 11.9. The van der Waals surface area contributed by atoms with Gasteiger partial charge < -0.3 is 15.2 Å². The second-order valence-corrected chi connectivity index (χ2v) is 9.81. The molecule has 4 rings (SSSR count). The molecule has 184 valence electrons. The van der Waals surface area contributed by atoms with Crippen molar-refractivity contribution in [2.45, 2.75) is 45.7 Å². The summed E-state index contributed by atoms with van der Waals surface area (Å²) in [5.41, 5.74) is 1.92. The van der Waals surface area contributed by atoms with Gasteiger partial charge in [-0.1, -0.05) is 52.3 Å². The average Bonchev–Trinajstić information content (AvgIpc) is 3.33. The van der Waals surface area contributed by atoms with Gasteiger partial charge in [0.05, 0.1) is 17.8 Å². The second kappa shape index (κ2) is 11.6. The monoisotopic (exact) mass is 539 g/mol. The predicted molar refractivity (Wildman–Crippen MR) is 138 cm³/mol. The zero-order valence-corrected chi connectivity index (χ0v) is 21.5. The highest BCUT2D eigenvalue weighted by atomic mass is 79.9. The molecule has 1 aliphatic rings. The zero-order valence-electron chi connectivity index (χ0n) is 20.0. The molecule has 2 heterocycles. The topological polar surface area (TPSA) is 100 Å². The van der Waals surface area contributed by atoms with Gasteiger partial charge in [-0.3, -0.25) is 14.5 Å². The van der Waals surface area contributed by atoms with Crippen LogP contribution in [0, 0.1) is 5.92 Å². The SMILES string of the molecule is CCC(C)NC(=O)c1ccccc1NC(=O)C1CCN(Cc2nc(-c3cccc(Br)c3)no2)CC1. The number of hydrogen-bond acceptors (Lipinski definition) is 6. The lowest BCUT2D eigenvalue weighted by molar-refractivity contribution is -0.121. The van der Waals surface area contributed by atoms with Crippen molar-refractivity contribution in [2.24, 2.45) is 5.92 Å². The maximum absolute atomic E-state index is 13.0. The molecule has 0 spiro atoms. The number of rotatable bonds is 8. The minimum absolute atomic E-state index is 0.0526. The molecule has 2 amide bonds. The van der Waals surface area contributed by atoms with Gasteiger partial charge in [-0.05, 0) is 63.5 Å². The fourth-order valence-electron chi connectivity index (χ4n) is 4.04. The Morgan fingerprint density at radius 1 is 1.17 bits per heavy atom. The van der Waals surface area contributed by atoms with Gasteiger partial charge in [0.15, 0.2) is 0 Å². The predicted octanol–water partition coefficient (Wildman–Crippen LogP) is 4.88. The van der Waals surface area contributed by atoms with Crippen molar-refractivity contribution >= 4 is 33.4 Å². The Morgan fingerprint density at radius 3 is 2.69 bits per heavy atom. The highest BCUT2D eigenvalue weighted by Gasteiger charge is 2.27. The Bertz CT molecular complexity index is 1170. The average molecular weight is 540 g/mol. The van der Waals surface area contributed by atoms with E-state index in [0.29, 0.717) is 29.5 Å². The number of aromatic nitrogens is 2. The third-order valence-corrected chi connectivity index (χ3v) is 6.78. The molecule has 1 saturated heterocycles. The number of para-hydroxylation sites is 1. The summed E-state index contributed by atoms with van der Waals surface area (Å²) in [7, 11) is 0. The molecule has 8 nitrogen and oxygen atoms in total. The number of likely N-dealkylation sites (tertiary alicyclic amines) is 1. The highest BCUT2D eigenvalue weighted by Crippen LogP contribution is 2.24. The van der Waals surface area contributed by atoms with Crippen molar-refractivity contribution in [1.29, 1.82) is 0 Å². The van der Waals surface area contributed by atoms with Crippen molar-refractivity contribution in [1.82, 2.24) is 20.4 Å². The van der Waals surface area contributed by atoms with Crippen molar-refractivity contribution in [2.75, 3.05) is 18.4 Å². The minimum Gasteiger partial charge on any atom is -0.350 e. The first-order valence-corrected chi connectivity index (χ1v) is 12.7. The quantitative estimate of drug-likeness (QED) is 0.423. The van der Waals surface area contributed by atoms with Gasteiger partial charge in [-0.25, -0.2) is 0 Å². The molecule has 1 unspecified atom stereocenters. The Hall–Kier alpha value is -3.04. The van der Waals surface area contributed by atoms with Gasteiger partial charge >= 0.3 is 0 Å². The number of hydrogen-bond donors (Lipinski definition) is 2. The summed E-state index contributed by atoms with van der Waals surface area (Å²) in [6, 6.07) is 15.0. The van der Waals surface area contributed by atoms with Gasteiger partial charge in [0.25, 0.3) is 5.91 Å². The third kappa shape index (κ3) is 6.55. The molecule has 1 atom stereocenters. The van der Waals surface area contributed by atoms with Gasteiger partial charge in [-0.15, -0.1) is 0 Å². The number of carbonyl (C=O) groups is 2. The fourth-order valence-corrected chi connectivity index (χ4v) is 4.44. The number of amides is 2. The van der Waals surface area contributed by atoms with Gasteiger partial charge in [0.1, 0.15) is 0 Å². The van der Waals surface area contributed by atoms with Crippen LogP contribution in [0.15, 0.2) is 57.5 Å². The van der Waals surface area contributed by atoms with E-state index in [2.05, 4.69) is 41.6 Å². The molecule has 0 bridgehead atoms. The number of halogens is 1. The molecule has 1 aromatic heterocycles. The normalized spacial score (nSPS) is 15.5. The van der Waals surface area contributed by atoms with Crippen LogP contribution >= 0.6 is 15.9 Å². The van der Waals surface area contributed by atoms with Crippen molar-refractivity contribution in [3.05, 3.63) is 64.5 Å². The highest BCUT2D eigenvalue weighted by molar-refractivity contribution is 9.10. The minimum atomic E-state index is -0.174. The largest absolute Gasteiger partial charge is 0.350 e. The van der Waals surface area contributed by atoms with Crippen molar-refractivity contribution in [3.63, 3.8) is 0 Å². The second-order valence-electron chi connectivity index (χ2n) is 8.89. The van der Waals surface area contributed by atoms with Crippen LogP contribution in [0.2, 0.25) is 0 Å². The van der Waals surface area contributed by atoms with Gasteiger partial charge in [0.2, 0.25) is 17.6 Å². The summed E-state index contributed by atoms with van der Waals surface area (Å²) in [5.74, 6) is 0.780. The molecular weight excluding hydrogens is 510 g/mol. The number of nitrogens with one attached hydrogen (secondary N) is 2. The molecule has 9 heteroatoms. The Morgan fingerprint density at radius 2 is 1.94 bits per heavy atom. The van der Waals surface area contributed by atoms with Crippen LogP contribution in [0.25, 0.3) is 11.4 Å². The van der Waals surface area contributed by atoms with Crippen LogP contribution in [0.4, 0.5) is 5.69 Å². The van der Waals surface area contributed by atoms with E-state index in [1.54, 1.807) is 18.2 Å². The first-order chi connectivity index (χ1) is 16.9. The summed E-state index contributed by atoms with van der Waals surface area (Å²) in [6.07, 6.45) is 2.28. The number of nitrogens with zero attached hydrogens (tertiary/aromatic N) is 3. The lowest BCUT2D eigenvalue weighted by Gasteiger charge is -2.30. The zero-order chi connectivity index (χ0) is 24.8. The van der Waals surface area contributed by atoms with Crippen LogP contribution in [0.5, 0.6) is 0 Å². The van der Waals surface area contributed by atoms with Crippen LogP contribution in [-0.2, 0) is 11.3 Å². The third-order valence-electron chi connectivity index (χ3n) is 6.29. The molecule has 35 heavy (non-hydrogen) atoms. The standard InChI is InChI=1S/C26H30BrN5O3/c1-3-17(2)28-26(34)21-9-4-5-10-22(21)29-25(33)18-11-13-32(14-12-18)16-23-30-24(31-35-23)19-7-6-8-20(27)15-19/h4-10,15,17-18H,3,11-14,16H2,1-2H3,(H,28,34)(H,29,33). The van der Waals surface area contributed by atoms with Gasteiger partial charge in [0, 0.05) is 22.0 Å². The molecule has 1 fully saturated rings. The fraction of sp³-hybridized carbons (Fsp3) is 0.385. The lowest BCUT2D eigenvalue weighted by atomic mass is 9.95. The molecule has 1 aliphatic heterocycles. The number of carbonyl (C=O) groups excluding carboxylic acids is 2. The van der Waals surface area contributed by atoms with Crippen molar-refractivity contribution in [3.8, 4) is 11.4 Å². The summed E-state index contributed by atoms with van der Waals surface area (Å²) in [5, 5.41) is 10.0. The van der Waals surface area contributed by atoms with E-state index in [1.165, 1.54) is 0 Å². The molecule has 0 aliphatic carbocycles. The molecule has 0 saturated carbocycles.